The minimum atomic E-state index is -3.74. The van der Waals surface area contributed by atoms with Crippen molar-refractivity contribution in [1.29, 1.82) is 0 Å². The van der Waals surface area contributed by atoms with Gasteiger partial charge in [-0.15, -0.1) is 0 Å². The predicted molar refractivity (Wildman–Crippen MR) is 211 cm³/mol. The van der Waals surface area contributed by atoms with Crippen LogP contribution in [-0.4, -0.2) is 62.1 Å². The predicted octanol–water partition coefficient (Wildman–Crippen LogP) is 5.44. The van der Waals surface area contributed by atoms with Crippen LogP contribution in [0.1, 0.15) is 67.6 Å². The number of nitrogens with zero attached hydrogens (tertiary/aromatic N) is 1. The third-order valence-corrected chi connectivity index (χ3v) is 10.3. The number of nitrogens with one attached hydrogen (secondary N) is 4. The Bertz CT molecular complexity index is 2010. The van der Waals surface area contributed by atoms with Crippen molar-refractivity contribution in [2.45, 2.75) is 64.1 Å². The Kier molecular flexibility index (Phi) is 14.1. The van der Waals surface area contributed by atoms with Crippen molar-refractivity contribution in [3.8, 4) is 0 Å². The zero-order chi connectivity index (χ0) is 39.5. The molecule has 0 radical (unpaired) electrons. The molecule has 54 heavy (non-hydrogen) atoms. The van der Waals surface area contributed by atoms with E-state index in [1.165, 1.54) is 25.2 Å². The molecule has 12 nitrogen and oxygen atoms in total. The van der Waals surface area contributed by atoms with E-state index in [4.69, 9.17) is 0 Å². The molecule has 2 unspecified atom stereocenters. The quantitative estimate of drug-likeness (QED) is 0.0955. The lowest BCUT2D eigenvalue weighted by Gasteiger charge is -2.30. The van der Waals surface area contributed by atoms with Gasteiger partial charge in [-0.3, -0.25) is 23.5 Å². The lowest BCUT2D eigenvalue weighted by molar-refractivity contribution is -0.144. The van der Waals surface area contributed by atoms with Gasteiger partial charge >= 0.3 is 0 Å². The number of aryl methyl sites for hydroxylation is 1. The van der Waals surface area contributed by atoms with E-state index in [-0.39, 0.29) is 48.2 Å². The lowest BCUT2D eigenvalue weighted by atomic mass is 9.88. The summed E-state index contributed by atoms with van der Waals surface area (Å²) in [6, 6.07) is 30.3. The molecule has 0 saturated carbocycles. The van der Waals surface area contributed by atoms with Crippen LogP contribution in [0.4, 0.5) is 17.1 Å². The molecule has 13 heteroatoms. The summed E-state index contributed by atoms with van der Waals surface area (Å²) in [5.74, 6) is -2.67. The third-order valence-electron chi connectivity index (χ3n) is 9.11. The number of rotatable bonds is 17. The number of carbonyl (C=O) groups is 4. The maximum absolute atomic E-state index is 13.9. The van der Waals surface area contributed by atoms with Crippen LogP contribution in [0, 0.1) is 5.92 Å². The van der Waals surface area contributed by atoms with Crippen LogP contribution in [0.5, 0.6) is 0 Å². The summed E-state index contributed by atoms with van der Waals surface area (Å²) < 4.78 is 25.9. The largest absolute Gasteiger partial charge is 0.380 e. The number of sulfonamides is 1. The first kappa shape index (κ1) is 41.2. The zero-order valence-electron chi connectivity index (χ0n) is 31.2. The summed E-state index contributed by atoms with van der Waals surface area (Å²) in [7, 11) is -2.40. The van der Waals surface area contributed by atoms with E-state index in [1.54, 1.807) is 38.1 Å². The van der Waals surface area contributed by atoms with Crippen molar-refractivity contribution in [3.63, 3.8) is 0 Å². The third kappa shape index (κ3) is 11.7. The molecule has 4 rings (SSSR count). The average molecular weight is 756 g/mol. The second-order valence-corrected chi connectivity index (χ2v) is 15.7. The fraction of sp³-hybridized carbons (Fsp3) is 0.317. The first-order chi connectivity index (χ1) is 25.6. The molecule has 0 aromatic heterocycles. The van der Waals surface area contributed by atoms with Gasteiger partial charge in [-0.1, -0.05) is 92.7 Å². The highest BCUT2D eigenvalue weighted by molar-refractivity contribution is 7.92. The normalized spacial score (nSPS) is 13.5. The number of hydrogen-bond donors (Lipinski definition) is 5. The molecule has 4 amide bonds. The number of hydrogen-bond acceptors (Lipinski definition) is 7. The molecular formula is C41H49N5O7S. The molecule has 0 aliphatic rings. The Morgan fingerprint density at radius 1 is 0.759 bits per heavy atom. The maximum Gasteiger partial charge on any atom is 0.252 e. The Balaban J connectivity index is 1.54. The fourth-order valence-electron chi connectivity index (χ4n) is 5.74. The number of aliphatic hydroxyl groups is 1. The van der Waals surface area contributed by atoms with Crippen LogP contribution in [0.15, 0.2) is 109 Å². The molecule has 0 aliphatic heterocycles. The van der Waals surface area contributed by atoms with Gasteiger partial charge < -0.3 is 26.4 Å². The summed E-state index contributed by atoms with van der Waals surface area (Å²) >= 11 is 0. The van der Waals surface area contributed by atoms with E-state index < -0.39 is 45.3 Å². The highest BCUT2D eigenvalue weighted by Crippen LogP contribution is 2.27. The summed E-state index contributed by atoms with van der Waals surface area (Å²) in [5.41, 5.74) is 0.619. The van der Waals surface area contributed by atoms with E-state index in [2.05, 4.69) is 21.3 Å². The molecular weight excluding hydrogens is 707 g/mol. The summed E-state index contributed by atoms with van der Waals surface area (Å²) in [6.07, 6.45) is 0.675. The van der Waals surface area contributed by atoms with Gasteiger partial charge in [0.05, 0.1) is 18.0 Å². The number of amides is 4. The van der Waals surface area contributed by atoms with Gasteiger partial charge in [0, 0.05) is 30.4 Å². The second kappa shape index (κ2) is 18.5. The smallest absolute Gasteiger partial charge is 0.252 e. The molecule has 286 valence electrons. The van der Waals surface area contributed by atoms with E-state index in [9.17, 15) is 32.7 Å². The van der Waals surface area contributed by atoms with E-state index >= 15 is 0 Å². The standard InChI is InChI=1S/C41H49N5O7S/c1-28(2)37(39(49)44-33-19-13-8-14-20-33)45-40(50)41(51,23-21-30-15-9-6-10-16-30)24-22-36(47)43-34-25-32(26-35(27-34)46(4)54(5,52)53)38(48)42-29(3)31-17-11-7-12-18-31/h6-20,25-29,37,51H,21-24H2,1-5H3,(H,42,48)(H,43,47)(H,44,49)(H,45,50)/t29-,37?,41?/m1/s1. The number of benzene rings is 4. The van der Waals surface area contributed by atoms with Crippen LogP contribution in [-0.2, 0) is 30.8 Å². The van der Waals surface area contributed by atoms with E-state index in [0.29, 0.717) is 12.1 Å². The molecule has 0 spiro atoms. The van der Waals surface area contributed by atoms with Gasteiger partial charge in [0.1, 0.15) is 11.6 Å². The van der Waals surface area contributed by atoms with Crippen molar-refractivity contribution in [3.05, 3.63) is 126 Å². The van der Waals surface area contributed by atoms with E-state index in [1.807, 2.05) is 73.7 Å². The molecule has 4 aromatic carbocycles. The fourth-order valence-corrected chi connectivity index (χ4v) is 6.22. The highest BCUT2D eigenvalue weighted by Gasteiger charge is 2.39. The number of carbonyl (C=O) groups excluding carboxylic acids is 4. The minimum absolute atomic E-state index is 0.0419. The number of anilines is 3. The molecule has 0 bridgehead atoms. The second-order valence-electron chi connectivity index (χ2n) is 13.7. The summed E-state index contributed by atoms with van der Waals surface area (Å²) in [6.45, 7) is 5.37. The summed E-state index contributed by atoms with van der Waals surface area (Å²) in [5, 5.41) is 23.1. The topological polar surface area (TPSA) is 174 Å². The average Bonchev–Trinajstić information content (AvgIpc) is 3.15. The van der Waals surface area contributed by atoms with Crippen LogP contribution in [0.3, 0.4) is 0 Å². The zero-order valence-corrected chi connectivity index (χ0v) is 32.0. The molecule has 0 fully saturated rings. The Morgan fingerprint density at radius 3 is 1.94 bits per heavy atom. The van der Waals surface area contributed by atoms with Crippen molar-refractivity contribution < 1.29 is 32.7 Å². The van der Waals surface area contributed by atoms with Gasteiger partial charge in [0.2, 0.25) is 21.8 Å². The van der Waals surface area contributed by atoms with Crippen molar-refractivity contribution in [2.75, 3.05) is 28.2 Å². The molecule has 0 saturated heterocycles. The Hall–Kier alpha value is -5.53. The first-order valence-corrected chi connectivity index (χ1v) is 19.6. The van der Waals surface area contributed by atoms with E-state index in [0.717, 1.165) is 21.7 Å². The van der Waals surface area contributed by atoms with Crippen molar-refractivity contribution in [1.82, 2.24) is 10.6 Å². The lowest BCUT2D eigenvalue weighted by Crippen LogP contribution is -2.55. The van der Waals surface area contributed by atoms with Crippen LogP contribution >= 0.6 is 0 Å². The van der Waals surface area contributed by atoms with Crippen LogP contribution in [0.25, 0.3) is 0 Å². The van der Waals surface area contributed by atoms with Crippen molar-refractivity contribution in [2.24, 2.45) is 5.92 Å². The Labute approximate surface area is 317 Å². The maximum atomic E-state index is 13.9. The molecule has 3 atom stereocenters. The van der Waals surface area contributed by atoms with Gasteiger partial charge in [-0.2, -0.15) is 0 Å². The number of para-hydroxylation sites is 1. The first-order valence-electron chi connectivity index (χ1n) is 17.7. The minimum Gasteiger partial charge on any atom is -0.380 e. The van der Waals surface area contributed by atoms with Gasteiger partial charge in [0.15, 0.2) is 0 Å². The van der Waals surface area contributed by atoms with Crippen LogP contribution in [0.2, 0.25) is 0 Å². The van der Waals surface area contributed by atoms with Gasteiger partial charge in [-0.05, 0) is 73.6 Å². The SMILES string of the molecule is CC(C)C(NC(=O)C(O)(CCC(=O)Nc1cc(C(=O)N[C@H](C)c2ccccc2)cc(N(C)S(C)(=O)=O)c1)CCc1ccccc1)C(=O)Nc1ccccc1. The molecule has 5 N–H and O–H groups in total. The van der Waals surface area contributed by atoms with Crippen molar-refractivity contribution >= 4 is 50.7 Å². The van der Waals surface area contributed by atoms with Crippen LogP contribution < -0.4 is 25.6 Å². The van der Waals surface area contributed by atoms with Gasteiger partial charge in [-0.25, -0.2) is 8.42 Å². The molecule has 4 aromatic rings. The molecule has 0 heterocycles. The monoisotopic (exact) mass is 755 g/mol. The molecule has 0 aliphatic carbocycles. The summed E-state index contributed by atoms with van der Waals surface area (Å²) in [4.78, 5) is 54.0. The van der Waals surface area contributed by atoms with Gasteiger partial charge in [0.25, 0.3) is 11.8 Å². The highest BCUT2D eigenvalue weighted by atomic mass is 32.2. The Morgan fingerprint density at radius 2 is 1.35 bits per heavy atom.